The van der Waals surface area contributed by atoms with Crippen LogP contribution in [-0.2, 0) is 9.53 Å². The Bertz CT molecular complexity index is 776. The number of halogens is 1. The molecular weight excluding hydrogens is 360 g/mol. The van der Waals surface area contributed by atoms with Gasteiger partial charge in [-0.25, -0.2) is 14.8 Å². The maximum atomic E-state index is 12.1. The van der Waals surface area contributed by atoms with Gasteiger partial charge in [-0.1, -0.05) is 23.4 Å². The summed E-state index contributed by atoms with van der Waals surface area (Å²) in [6.07, 6.45) is -0.226. The monoisotopic (exact) mass is 374 g/mol. The maximum absolute atomic E-state index is 12.1. The number of fused-ring (bicyclic) bond motifs is 1. The van der Waals surface area contributed by atoms with Crippen LogP contribution in [0.4, 0.5) is 0 Å². The highest BCUT2D eigenvalue weighted by Gasteiger charge is 2.23. The molecule has 0 aliphatic heterocycles. The van der Waals surface area contributed by atoms with E-state index in [2.05, 4.69) is 9.97 Å². The number of carboxylic acids is 1. The van der Waals surface area contributed by atoms with Gasteiger partial charge in [0.05, 0.1) is 11.5 Å². The molecule has 0 saturated carbocycles. The molecule has 9 heteroatoms. The predicted octanol–water partition coefficient (Wildman–Crippen LogP) is 3.78. The molecule has 124 valence electrons. The molecule has 0 spiro atoms. The average Bonchev–Trinajstić information content (AvgIpc) is 2.75. The standard InChI is InChI=1S/C14H15ClN2O4S2/c1-5(2)21-13(20)9-6(3)8-10(15)16-14(17-11(8)23-9)22-7(4)12(18)19/h5,7H,1-4H3,(H,18,19). The van der Waals surface area contributed by atoms with Crippen LogP contribution in [0, 0.1) is 6.92 Å². The Kier molecular flexibility index (Phi) is 5.49. The summed E-state index contributed by atoms with van der Waals surface area (Å²) in [4.78, 5) is 32.5. The molecule has 1 unspecified atom stereocenters. The summed E-state index contributed by atoms with van der Waals surface area (Å²) in [5.41, 5.74) is 0.670. The third-order valence-electron chi connectivity index (χ3n) is 2.88. The summed E-state index contributed by atoms with van der Waals surface area (Å²) >= 11 is 8.36. The molecule has 0 aliphatic rings. The number of nitrogens with zero attached hydrogens (tertiary/aromatic N) is 2. The fraction of sp³-hybridized carbons (Fsp3) is 0.429. The Hall–Kier alpha value is -1.38. The topological polar surface area (TPSA) is 89.4 Å². The van der Waals surface area contributed by atoms with Crippen molar-refractivity contribution in [1.82, 2.24) is 9.97 Å². The summed E-state index contributed by atoms with van der Waals surface area (Å²) < 4.78 is 5.21. The maximum Gasteiger partial charge on any atom is 0.348 e. The second-order valence-electron chi connectivity index (χ2n) is 5.09. The van der Waals surface area contributed by atoms with Crippen LogP contribution in [0.5, 0.6) is 0 Å². The van der Waals surface area contributed by atoms with E-state index < -0.39 is 17.2 Å². The van der Waals surface area contributed by atoms with Crippen LogP contribution >= 0.6 is 34.7 Å². The van der Waals surface area contributed by atoms with E-state index in [1.807, 2.05) is 0 Å². The number of hydrogen-bond acceptors (Lipinski definition) is 7. The molecule has 0 saturated heterocycles. The Morgan fingerprint density at radius 3 is 2.52 bits per heavy atom. The van der Waals surface area contributed by atoms with Crippen molar-refractivity contribution in [3.63, 3.8) is 0 Å². The number of carbonyl (C=O) groups excluding carboxylic acids is 1. The van der Waals surface area contributed by atoms with E-state index >= 15 is 0 Å². The van der Waals surface area contributed by atoms with Gasteiger partial charge in [-0.15, -0.1) is 11.3 Å². The highest BCUT2D eigenvalue weighted by molar-refractivity contribution is 8.00. The minimum absolute atomic E-state index is 0.201. The van der Waals surface area contributed by atoms with Crippen LogP contribution in [0.2, 0.25) is 5.15 Å². The van der Waals surface area contributed by atoms with Crippen molar-refractivity contribution < 1.29 is 19.4 Å². The zero-order chi connectivity index (χ0) is 17.3. The van der Waals surface area contributed by atoms with Gasteiger partial charge in [0.25, 0.3) is 0 Å². The zero-order valence-corrected chi connectivity index (χ0v) is 15.3. The fourth-order valence-corrected chi connectivity index (χ4v) is 4.04. The van der Waals surface area contributed by atoms with Gasteiger partial charge in [-0.3, -0.25) is 4.79 Å². The first-order chi connectivity index (χ1) is 10.7. The van der Waals surface area contributed by atoms with Gasteiger partial charge in [0.15, 0.2) is 5.16 Å². The minimum Gasteiger partial charge on any atom is -0.480 e. The first-order valence-corrected chi connectivity index (χ1v) is 8.85. The zero-order valence-electron chi connectivity index (χ0n) is 12.9. The summed E-state index contributed by atoms with van der Waals surface area (Å²) in [6.45, 7) is 6.85. The van der Waals surface area contributed by atoms with Crippen molar-refractivity contribution in [2.75, 3.05) is 0 Å². The Morgan fingerprint density at radius 1 is 1.30 bits per heavy atom. The quantitative estimate of drug-likeness (QED) is 0.368. The molecule has 0 radical (unpaired) electrons. The van der Waals surface area contributed by atoms with Crippen molar-refractivity contribution in [1.29, 1.82) is 0 Å². The van der Waals surface area contributed by atoms with Crippen molar-refractivity contribution in [2.45, 2.75) is 44.2 Å². The summed E-state index contributed by atoms with van der Waals surface area (Å²) in [6, 6.07) is 0. The molecule has 0 aliphatic carbocycles. The van der Waals surface area contributed by atoms with Crippen LogP contribution in [0.15, 0.2) is 5.16 Å². The van der Waals surface area contributed by atoms with Crippen molar-refractivity contribution in [2.24, 2.45) is 0 Å². The van der Waals surface area contributed by atoms with Gasteiger partial charge >= 0.3 is 11.9 Å². The van der Waals surface area contributed by atoms with Gasteiger partial charge in [0, 0.05) is 0 Å². The molecule has 2 aromatic heterocycles. The molecule has 0 fully saturated rings. The third kappa shape index (κ3) is 3.94. The van der Waals surface area contributed by atoms with Gasteiger partial charge in [0.1, 0.15) is 20.1 Å². The number of carbonyl (C=O) groups is 2. The van der Waals surface area contributed by atoms with Gasteiger partial charge in [-0.2, -0.15) is 0 Å². The lowest BCUT2D eigenvalue weighted by molar-refractivity contribution is -0.136. The highest BCUT2D eigenvalue weighted by atomic mass is 35.5. The lowest BCUT2D eigenvalue weighted by atomic mass is 10.2. The number of aliphatic carboxylic acids is 1. The van der Waals surface area contributed by atoms with Crippen LogP contribution in [0.25, 0.3) is 10.2 Å². The molecule has 2 heterocycles. The smallest absolute Gasteiger partial charge is 0.348 e. The molecular formula is C14H15ClN2O4S2. The van der Waals surface area contributed by atoms with Gasteiger partial charge < -0.3 is 9.84 Å². The molecule has 6 nitrogen and oxygen atoms in total. The molecule has 1 atom stereocenters. The van der Waals surface area contributed by atoms with E-state index in [0.717, 1.165) is 11.8 Å². The van der Waals surface area contributed by atoms with Crippen molar-refractivity contribution in [3.8, 4) is 0 Å². The second kappa shape index (κ2) is 7.02. The normalized spacial score (nSPS) is 12.6. The number of aromatic nitrogens is 2. The van der Waals surface area contributed by atoms with E-state index in [9.17, 15) is 9.59 Å². The van der Waals surface area contributed by atoms with Crippen LogP contribution in [-0.4, -0.2) is 38.4 Å². The molecule has 2 rings (SSSR count). The number of thioether (sulfide) groups is 1. The fourth-order valence-electron chi connectivity index (χ4n) is 1.80. The Labute approximate surface area is 146 Å². The highest BCUT2D eigenvalue weighted by Crippen LogP contribution is 2.36. The van der Waals surface area contributed by atoms with Gasteiger partial charge in [-0.05, 0) is 33.3 Å². The molecule has 23 heavy (non-hydrogen) atoms. The lowest BCUT2D eigenvalue weighted by Crippen LogP contribution is -2.11. The Balaban J connectivity index is 2.45. The summed E-state index contributed by atoms with van der Waals surface area (Å²) in [5, 5.41) is 9.33. The summed E-state index contributed by atoms with van der Waals surface area (Å²) in [5.74, 6) is -1.39. The average molecular weight is 375 g/mol. The van der Waals surface area contributed by atoms with E-state index in [0.29, 0.717) is 20.7 Å². The predicted molar refractivity (Wildman–Crippen MR) is 90.7 cm³/mol. The van der Waals surface area contributed by atoms with E-state index in [-0.39, 0.29) is 16.4 Å². The molecule has 0 bridgehead atoms. The van der Waals surface area contributed by atoms with Crippen LogP contribution in [0.3, 0.4) is 0 Å². The van der Waals surface area contributed by atoms with E-state index in [4.69, 9.17) is 21.4 Å². The number of carboxylic acid groups (broad SMARTS) is 1. The molecule has 1 N–H and O–H groups in total. The number of rotatable bonds is 5. The largest absolute Gasteiger partial charge is 0.480 e. The third-order valence-corrected chi connectivity index (χ3v) is 5.27. The second-order valence-corrected chi connectivity index (χ2v) is 7.75. The first kappa shape index (κ1) is 18.0. The Morgan fingerprint density at radius 2 is 1.96 bits per heavy atom. The number of esters is 1. The molecule has 0 amide bonds. The minimum atomic E-state index is -0.960. The SMILES string of the molecule is Cc1c(C(=O)OC(C)C)sc2nc(SC(C)C(=O)O)nc(Cl)c12. The molecule has 0 aromatic carbocycles. The number of hydrogen-bond donors (Lipinski definition) is 1. The number of aryl methyl sites for hydroxylation is 1. The lowest BCUT2D eigenvalue weighted by Gasteiger charge is -2.06. The van der Waals surface area contributed by atoms with E-state index in [1.165, 1.54) is 11.3 Å². The van der Waals surface area contributed by atoms with Crippen LogP contribution < -0.4 is 0 Å². The summed E-state index contributed by atoms with van der Waals surface area (Å²) in [7, 11) is 0. The van der Waals surface area contributed by atoms with Crippen molar-refractivity contribution in [3.05, 3.63) is 15.6 Å². The number of ether oxygens (including phenoxy) is 1. The number of thiophene rings is 1. The van der Waals surface area contributed by atoms with Gasteiger partial charge in [0.2, 0.25) is 0 Å². The van der Waals surface area contributed by atoms with E-state index in [1.54, 1.807) is 27.7 Å². The van der Waals surface area contributed by atoms with Crippen molar-refractivity contribution >= 4 is 56.9 Å². The first-order valence-electron chi connectivity index (χ1n) is 6.77. The van der Waals surface area contributed by atoms with Crippen LogP contribution in [0.1, 0.15) is 36.0 Å². The molecule has 2 aromatic rings.